The van der Waals surface area contributed by atoms with Gasteiger partial charge < -0.3 is 20.9 Å². The zero-order valence-corrected chi connectivity index (χ0v) is 19.4. The molecule has 0 aromatic rings. The second kappa shape index (κ2) is 25.4. The van der Waals surface area contributed by atoms with E-state index in [4.69, 9.17) is 11.5 Å². The molecule has 0 aliphatic heterocycles. The summed E-state index contributed by atoms with van der Waals surface area (Å²) in [5.41, 5.74) is 9.59. The number of carbonyl (C=O) groups excluding carboxylic acids is 2. The normalized spacial score (nSPS) is 9.36. The standard InChI is InChI=1S/2C9H19NO2.Zn/c2*1-2-3-4-5-6-7-8-12-9(10)11;/h2*2-8H2,1H3,(H2,10,11);. The van der Waals surface area contributed by atoms with Crippen LogP contribution in [0.25, 0.3) is 0 Å². The van der Waals surface area contributed by atoms with Crippen molar-refractivity contribution in [2.45, 2.75) is 90.9 Å². The van der Waals surface area contributed by atoms with Crippen molar-refractivity contribution in [3.8, 4) is 0 Å². The smallest absolute Gasteiger partial charge is 0.404 e. The quantitative estimate of drug-likeness (QED) is 0.314. The van der Waals surface area contributed by atoms with Gasteiger partial charge in [-0.3, -0.25) is 0 Å². The van der Waals surface area contributed by atoms with E-state index in [1.54, 1.807) is 0 Å². The van der Waals surface area contributed by atoms with Gasteiger partial charge in [0.05, 0.1) is 13.2 Å². The van der Waals surface area contributed by atoms with E-state index in [2.05, 4.69) is 23.3 Å². The van der Waals surface area contributed by atoms with Gasteiger partial charge in [0.25, 0.3) is 0 Å². The van der Waals surface area contributed by atoms with Crippen molar-refractivity contribution in [1.29, 1.82) is 0 Å². The molecular formula is C18H38N2O4Zn. The SMILES string of the molecule is CCCCCCCCOC(N)=O.CCCCCCCCOC(N)=O.[Zn]. The van der Waals surface area contributed by atoms with Gasteiger partial charge >= 0.3 is 12.2 Å². The summed E-state index contributed by atoms with van der Waals surface area (Å²) in [7, 11) is 0. The Morgan fingerprint density at radius 3 is 1.16 bits per heavy atom. The van der Waals surface area contributed by atoms with Crippen LogP contribution in [0.5, 0.6) is 0 Å². The number of primary amides is 2. The van der Waals surface area contributed by atoms with Gasteiger partial charge in [-0.2, -0.15) is 0 Å². The van der Waals surface area contributed by atoms with Crippen LogP contribution >= 0.6 is 0 Å². The predicted molar refractivity (Wildman–Crippen MR) is 97.8 cm³/mol. The zero-order chi connectivity index (χ0) is 18.5. The average Bonchev–Trinajstić information content (AvgIpc) is 2.53. The minimum atomic E-state index is -0.663. The van der Waals surface area contributed by atoms with Crippen LogP contribution in [-0.4, -0.2) is 25.4 Å². The maximum atomic E-state index is 10.1. The maximum absolute atomic E-state index is 10.1. The third-order valence-corrected chi connectivity index (χ3v) is 3.48. The number of carbonyl (C=O) groups is 2. The summed E-state index contributed by atoms with van der Waals surface area (Å²) in [6.07, 6.45) is 13.0. The molecule has 0 unspecified atom stereocenters. The molecule has 0 radical (unpaired) electrons. The molecule has 0 saturated heterocycles. The zero-order valence-electron chi connectivity index (χ0n) is 16.4. The fourth-order valence-electron chi connectivity index (χ4n) is 2.11. The van der Waals surface area contributed by atoms with Gasteiger partial charge in [0.2, 0.25) is 0 Å². The van der Waals surface area contributed by atoms with Crippen molar-refractivity contribution in [2.75, 3.05) is 13.2 Å². The molecule has 0 spiro atoms. The molecular weight excluding hydrogens is 374 g/mol. The first-order valence-electron chi connectivity index (χ1n) is 9.39. The van der Waals surface area contributed by atoms with E-state index in [0.717, 1.165) is 25.7 Å². The Balaban J connectivity index is -0.000000372. The Kier molecular flexibility index (Phi) is 29.4. The van der Waals surface area contributed by atoms with Crippen molar-refractivity contribution in [1.82, 2.24) is 0 Å². The average molecular weight is 412 g/mol. The summed E-state index contributed by atoms with van der Waals surface area (Å²) < 4.78 is 9.17. The predicted octanol–water partition coefficient (Wildman–Crippen LogP) is 4.88. The number of unbranched alkanes of at least 4 members (excludes halogenated alkanes) is 10. The van der Waals surface area contributed by atoms with E-state index < -0.39 is 12.2 Å². The molecule has 0 aliphatic rings. The third-order valence-electron chi connectivity index (χ3n) is 3.48. The Morgan fingerprint density at radius 1 is 0.600 bits per heavy atom. The summed E-state index contributed by atoms with van der Waals surface area (Å²) in [5.74, 6) is 0. The monoisotopic (exact) mass is 410 g/mol. The second-order valence-electron chi connectivity index (χ2n) is 5.87. The van der Waals surface area contributed by atoms with Crippen molar-refractivity contribution >= 4 is 12.2 Å². The van der Waals surface area contributed by atoms with E-state index in [9.17, 15) is 9.59 Å². The fraction of sp³-hybridized carbons (Fsp3) is 0.889. The molecule has 0 saturated carbocycles. The van der Waals surface area contributed by atoms with Crippen LogP contribution in [0.15, 0.2) is 0 Å². The first kappa shape index (κ1) is 28.9. The Hall–Kier alpha value is -0.837. The molecule has 6 nitrogen and oxygen atoms in total. The van der Waals surface area contributed by atoms with Crippen LogP contribution in [0.1, 0.15) is 90.9 Å². The van der Waals surface area contributed by atoms with Gasteiger partial charge in [0.1, 0.15) is 0 Å². The van der Waals surface area contributed by atoms with Gasteiger partial charge in [-0.25, -0.2) is 9.59 Å². The first-order valence-corrected chi connectivity index (χ1v) is 9.39. The number of ether oxygens (including phenoxy) is 2. The number of amides is 2. The molecule has 2 amide bonds. The molecule has 4 N–H and O–H groups in total. The van der Waals surface area contributed by atoms with E-state index in [1.807, 2.05) is 0 Å². The van der Waals surface area contributed by atoms with E-state index in [-0.39, 0.29) is 19.5 Å². The molecule has 0 heterocycles. The second-order valence-corrected chi connectivity index (χ2v) is 5.87. The summed E-state index contributed by atoms with van der Waals surface area (Å²) in [4.78, 5) is 20.3. The van der Waals surface area contributed by atoms with Crippen LogP contribution in [-0.2, 0) is 29.0 Å². The molecule has 0 aromatic carbocycles. The molecule has 146 valence electrons. The molecule has 0 atom stereocenters. The number of nitrogens with two attached hydrogens (primary N) is 2. The fourth-order valence-corrected chi connectivity index (χ4v) is 2.11. The van der Waals surface area contributed by atoms with Crippen molar-refractivity contribution in [3.05, 3.63) is 0 Å². The van der Waals surface area contributed by atoms with Crippen LogP contribution in [0.3, 0.4) is 0 Å². The largest absolute Gasteiger partial charge is 0.450 e. The van der Waals surface area contributed by atoms with Crippen molar-refractivity contribution in [2.24, 2.45) is 11.5 Å². The molecule has 25 heavy (non-hydrogen) atoms. The van der Waals surface area contributed by atoms with Crippen molar-refractivity contribution < 1.29 is 38.5 Å². The van der Waals surface area contributed by atoms with E-state index >= 15 is 0 Å². The minimum Gasteiger partial charge on any atom is -0.450 e. The molecule has 0 aromatic heterocycles. The van der Waals surface area contributed by atoms with E-state index in [1.165, 1.54) is 51.4 Å². The molecule has 0 rings (SSSR count). The Labute approximate surface area is 166 Å². The van der Waals surface area contributed by atoms with Crippen molar-refractivity contribution in [3.63, 3.8) is 0 Å². The Bertz CT molecular complexity index is 264. The Morgan fingerprint density at radius 2 is 0.880 bits per heavy atom. The summed E-state index contributed by atoms with van der Waals surface area (Å²) >= 11 is 0. The van der Waals surface area contributed by atoms with Gasteiger partial charge in [-0.05, 0) is 12.8 Å². The molecule has 0 aliphatic carbocycles. The number of rotatable bonds is 14. The van der Waals surface area contributed by atoms with Crippen LogP contribution in [0, 0.1) is 0 Å². The van der Waals surface area contributed by atoms with Gasteiger partial charge in [-0.1, -0.05) is 78.1 Å². The van der Waals surface area contributed by atoms with Crippen LogP contribution in [0.4, 0.5) is 9.59 Å². The third kappa shape index (κ3) is 35.2. The molecule has 7 heteroatoms. The molecule has 0 fully saturated rings. The summed E-state index contributed by atoms with van der Waals surface area (Å²) in [6, 6.07) is 0. The summed E-state index contributed by atoms with van der Waals surface area (Å²) in [6.45, 7) is 5.33. The van der Waals surface area contributed by atoms with Crippen LogP contribution in [0.2, 0.25) is 0 Å². The maximum Gasteiger partial charge on any atom is 0.404 e. The molecule has 0 bridgehead atoms. The van der Waals surface area contributed by atoms with Gasteiger partial charge in [-0.15, -0.1) is 0 Å². The number of hydrogen-bond acceptors (Lipinski definition) is 4. The van der Waals surface area contributed by atoms with E-state index in [0.29, 0.717) is 13.2 Å². The first-order chi connectivity index (χ1) is 11.5. The number of hydrogen-bond donors (Lipinski definition) is 2. The minimum absolute atomic E-state index is 0. The van der Waals surface area contributed by atoms with Gasteiger partial charge in [0.15, 0.2) is 0 Å². The van der Waals surface area contributed by atoms with Crippen LogP contribution < -0.4 is 11.5 Å². The topological polar surface area (TPSA) is 105 Å². The van der Waals surface area contributed by atoms with Gasteiger partial charge in [0, 0.05) is 19.5 Å². The summed E-state index contributed by atoms with van der Waals surface area (Å²) in [5, 5.41) is 0.